The van der Waals surface area contributed by atoms with Gasteiger partial charge in [-0.1, -0.05) is 36.4 Å². The van der Waals surface area contributed by atoms with Crippen LogP contribution in [0.5, 0.6) is 0 Å². The van der Waals surface area contributed by atoms with Crippen LogP contribution >= 0.6 is 0 Å². The predicted molar refractivity (Wildman–Crippen MR) is 81.8 cm³/mol. The number of aromatic carboxylic acids is 1. The van der Waals surface area contributed by atoms with E-state index in [0.29, 0.717) is 5.92 Å². The summed E-state index contributed by atoms with van der Waals surface area (Å²) in [6.07, 6.45) is 2.14. The fourth-order valence-electron chi connectivity index (χ4n) is 2.89. The number of pyridine rings is 1. The summed E-state index contributed by atoms with van der Waals surface area (Å²) in [5, 5.41) is 9.02. The van der Waals surface area contributed by atoms with Crippen molar-refractivity contribution in [1.29, 1.82) is 0 Å². The molecule has 3 rings (SSSR count). The number of anilines is 1. The highest BCUT2D eigenvalue weighted by molar-refractivity contribution is 5.85. The van der Waals surface area contributed by atoms with Gasteiger partial charge in [-0.15, -0.1) is 0 Å². The molecule has 1 saturated heterocycles. The second-order valence-corrected chi connectivity index (χ2v) is 5.36. The van der Waals surface area contributed by atoms with Crippen molar-refractivity contribution in [2.24, 2.45) is 0 Å². The molecule has 1 fully saturated rings. The Morgan fingerprint density at radius 2 is 1.76 bits per heavy atom. The van der Waals surface area contributed by atoms with Gasteiger partial charge in [0.2, 0.25) is 0 Å². The lowest BCUT2D eigenvalue weighted by Crippen LogP contribution is -2.33. The van der Waals surface area contributed by atoms with E-state index in [2.05, 4.69) is 34.1 Å². The van der Waals surface area contributed by atoms with E-state index in [1.54, 1.807) is 6.07 Å². The zero-order valence-electron chi connectivity index (χ0n) is 11.8. The third-order valence-corrected chi connectivity index (χ3v) is 4.04. The van der Waals surface area contributed by atoms with Gasteiger partial charge in [0.15, 0.2) is 5.69 Å². The van der Waals surface area contributed by atoms with Crippen molar-refractivity contribution in [3.05, 3.63) is 59.8 Å². The Balaban J connectivity index is 1.68. The molecule has 0 radical (unpaired) electrons. The number of carbonyl (C=O) groups is 1. The van der Waals surface area contributed by atoms with Gasteiger partial charge >= 0.3 is 5.97 Å². The van der Waals surface area contributed by atoms with Gasteiger partial charge in [0.05, 0.1) is 0 Å². The fourth-order valence-corrected chi connectivity index (χ4v) is 2.89. The Kier molecular flexibility index (Phi) is 3.86. The van der Waals surface area contributed by atoms with Crippen LogP contribution in [0.4, 0.5) is 5.82 Å². The molecule has 108 valence electrons. The average molecular weight is 282 g/mol. The second-order valence-electron chi connectivity index (χ2n) is 5.36. The first kappa shape index (κ1) is 13.6. The molecule has 0 bridgehead atoms. The van der Waals surface area contributed by atoms with Crippen molar-refractivity contribution in [3.8, 4) is 0 Å². The Morgan fingerprint density at radius 1 is 1.05 bits per heavy atom. The minimum Gasteiger partial charge on any atom is -0.477 e. The molecule has 0 amide bonds. The molecule has 1 N–H and O–H groups in total. The molecule has 0 aliphatic carbocycles. The summed E-state index contributed by atoms with van der Waals surface area (Å²) in [5.74, 6) is 0.377. The highest BCUT2D eigenvalue weighted by Crippen LogP contribution is 2.29. The Labute approximate surface area is 124 Å². The van der Waals surface area contributed by atoms with Gasteiger partial charge in [0.25, 0.3) is 0 Å². The molecular formula is C17H18N2O2. The maximum Gasteiger partial charge on any atom is 0.354 e. The fraction of sp³-hybridized carbons (Fsp3) is 0.294. The summed E-state index contributed by atoms with van der Waals surface area (Å²) in [6.45, 7) is 1.82. The van der Waals surface area contributed by atoms with Crippen molar-refractivity contribution in [2.75, 3.05) is 18.0 Å². The normalized spacial score (nSPS) is 15.9. The standard InChI is InChI=1S/C17H18N2O2/c20-17(21)15-7-4-8-16(18-15)19-11-9-14(10-12-19)13-5-2-1-3-6-13/h1-8,14H,9-12H2,(H,20,21). The van der Waals surface area contributed by atoms with Gasteiger partial charge in [0.1, 0.15) is 5.82 Å². The van der Waals surface area contributed by atoms with E-state index in [1.165, 1.54) is 11.6 Å². The number of rotatable bonds is 3. The van der Waals surface area contributed by atoms with Crippen LogP contribution in [0.15, 0.2) is 48.5 Å². The number of nitrogens with zero attached hydrogens (tertiary/aromatic N) is 2. The number of benzene rings is 1. The first-order valence-corrected chi connectivity index (χ1v) is 7.24. The van der Waals surface area contributed by atoms with Crippen LogP contribution in [0.1, 0.15) is 34.8 Å². The minimum absolute atomic E-state index is 0.109. The van der Waals surface area contributed by atoms with Gasteiger partial charge in [-0.3, -0.25) is 0 Å². The molecule has 1 aliphatic heterocycles. The molecule has 2 aromatic rings. The minimum atomic E-state index is -0.976. The molecule has 1 aliphatic rings. The van der Waals surface area contributed by atoms with Crippen molar-refractivity contribution < 1.29 is 9.90 Å². The molecule has 0 unspecified atom stereocenters. The van der Waals surface area contributed by atoms with Crippen molar-refractivity contribution in [2.45, 2.75) is 18.8 Å². The quantitative estimate of drug-likeness (QED) is 0.939. The van der Waals surface area contributed by atoms with Crippen LogP contribution in [-0.4, -0.2) is 29.1 Å². The predicted octanol–water partition coefficient (Wildman–Crippen LogP) is 3.16. The molecule has 2 heterocycles. The molecule has 21 heavy (non-hydrogen) atoms. The van der Waals surface area contributed by atoms with Gasteiger partial charge in [0, 0.05) is 13.1 Å². The lowest BCUT2D eigenvalue weighted by atomic mass is 9.89. The van der Waals surface area contributed by atoms with Crippen molar-refractivity contribution >= 4 is 11.8 Å². The molecule has 0 atom stereocenters. The Hall–Kier alpha value is -2.36. The van der Waals surface area contributed by atoms with Crippen molar-refractivity contribution in [1.82, 2.24) is 4.98 Å². The third-order valence-electron chi connectivity index (χ3n) is 4.04. The topological polar surface area (TPSA) is 53.4 Å². The van der Waals surface area contributed by atoms with E-state index in [1.807, 2.05) is 12.1 Å². The number of aromatic nitrogens is 1. The van der Waals surface area contributed by atoms with Crippen LogP contribution < -0.4 is 4.90 Å². The zero-order valence-corrected chi connectivity index (χ0v) is 11.8. The number of carboxylic acid groups (broad SMARTS) is 1. The Bertz CT molecular complexity index is 620. The molecule has 4 nitrogen and oxygen atoms in total. The number of piperidine rings is 1. The van der Waals surface area contributed by atoms with Crippen LogP contribution in [0.2, 0.25) is 0 Å². The van der Waals surface area contributed by atoms with E-state index in [4.69, 9.17) is 5.11 Å². The van der Waals surface area contributed by atoms with E-state index in [9.17, 15) is 4.79 Å². The van der Waals surface area contributed by atoms with Crippen LogP contribution in [0.25, 0.3) is 0 Å². The largest absolute Gasteiger partial charge is 0.477 e. The summed E-state index contributed by atoms with van der Waals surface area (Å²) < 4.78 is 0. The molecule has 4 heteroatoms. The smallest absolute Gasteiger partial charge is 0.354 e. The summed E-state index contributed by atoms with van der Waals surface area (Å²) in [7, 11) is 0. The summed E-state index contributed by atoms with van der Waals surface area (Å²) in [6, 6.07) is 15.7. The first-order valence-electron chi connectivity index (χ1n) is 7.24. The van der Waals surface area contributed by atoms with Gasteiger partial charge in [-0.2, -0.15) is 0 Å². The van der Waals surface area contributed by atoms with Gasteiger partial charge < -0.3 is 10.0 Å². The van der Waals surface area contributed by atoms with Crippen molar-refractivity contribution in [3.63, 3.8) is 0 Å². The SMILES string of the molecule is O=C(O)c1cccc(N2CCC(c3ccccc3)CC2)n1. The van der Waals surface area contributed by atoms with E-state index in [0.717, 1.165) is 31.7 Å². The molecule has 1 aromatic heterocycles. The van der Waals surface area contributed by atoms with E-state index in [-0.39, 0.29) is 5.69 Å². The lowest BCUT2D eigenvalue weighted by molar-refractivity contribution is 0.0690. The van der Waals surface area contributed by atoms with Crippen LogP contribution in [0, 0.1) is 0 Å². The summed E-state index contributed by atoms with van der Waals surface area (Å²) in [4.78, 5) is 17.4. The molecule has 0 saturated carbocycles. The van der Waals surface area contributed by atoms with Gasteiger partial charge in [-0.05, 0) is 36.5 Å². The zero-order chi connectivity index (χ0) is 14.7. The molecule has 1 aromatic carbocycles. The maximum absolute atomic E-state index is 11.0. The average Bonchev–Trinajstić information content (AvgIpc) is 2.56. The summed E-state index contributed by atoms with van der Waals surface area (Å²) >= 11 is 0. The van der Waals surface area contributed by atoms with Gasteiger partial charge in [-0.25, -0.2) is 9.78 Å². The Morgan fingerprint density at radius 3 is 2.43 bits per heavy atom. The van der Waals surface area contributed by atoms with E-state index < -0.39 is 5.97 Å². The number of carboxylic acids is 1. The lowest BCUT2D eigenvalue weighted by Gasteiger charge is -2.33. The number of hydrogen-bond donors (Lipinski definition) is 1. The first-order chi connectivity index (χ1) is 10.2. The van der Waals surface area contributed by atoms with Crippen LogP contribution in [-0.2, 0) is 0 Å². The van der Waals surface area contributed by atoms with Crippen LogP contribution in [0.3, 0.4) is 0 Å². The highest BCUT2D eigenvalue weighted by atomic mass is 16.4. The van der Waals surface area contributed by atoms with E-state index >= 15 is 0 Å². The summed E-state index contributed by atoms with van der Waals surface area (Å²) in [5.41, 5.74) is 1.50. The third kappa shape index (κ3) is 3.05. The highest BCUT2D eigenvalue weighted by Gasteiger charge is 2.21. The maximum atomic E-state index is 11.0. The number of hydrogen-bond acceptors (Lipinski definition) is 3. The second kappa shape index (κ2) is 5.95. The molecular weight excluding hydrogens is 264 g/mol. The monoisotopic (exact) mass is 282 g/mol. The molecule has 0 spiro atoms.